The number of benzene rings is 1. The summed E-state index contributed by atoms with van der Waals surface area (Å²) in [5.74, 6) is -0.120. The lowest BCUT2D eigenvalue weighted by atomic mass is 9.93. The highest BCUT2D eigenvalue weighted by Gasteiger charge is 2.34. The van der Waals surface area contributed by atoms with Crippen LogP contribution in [0.15, 0.2) is 18.2 Å². The maximum Gasteiger partial charge on any atom is 0.416 e. The third kappa shape index (κ3) is 2.81. The molecule has 1 aromatic rings. The molecule has 5 heteroatoms. The Morgan fingerprint density at radius 3 is 2.53 bits per heavy atom. The number of hydrogen-bond donors (Lipinski definition) is 0. The minimum atomic E-state index is -4.39. The second-order valence-corrected chi connectivity index (χ2v) is 4.95. The molecule has 0 amide bonds. The Morgan fingerprint density at radius 1 is 1.37 bits per heavy atom. The number of ether oxygens (including phenoxy) is 1. The zero-order valence-electron chi connectivity index (χ0n) is 10.8. The number of carbonyl (C=O) groups is 1. The second-order valence-electron chi connectivity index (χ2n) is 4.95. The smallest absolute Gasteiger partial charge is 0.370 e. The molecule has 1 heterocycles. The van der Waals surface area contributed by atoms with Gasteiger partial charge in [0.15, 0.2) is 5.78 Å². The van der Waals surface area contributed by atoms with Crippen LogP contribution in [0.2, 0.25) is 0 Å². The van der Waals surface area contributed by atoms with Crippen LogP contribution < -0.4 is 0 Å². The average molecular weight is 272 g/mol. The Bertz CT molecular complexity index is 494. The van der Waals surface area contributed by atoms with Gasteiger partial charge < -0.3 is 4.74 Å². The van der Waals surface area contributed by atoms with Crippen molar-refractivity contribution in [2.75, 3.05) is 6.61 Å². The first-order chi connectivity index (χ1) is 8.80. The monoisotopic (exact) mass is 272 g/mol. The van der Waals surface area contributed by atoms with E-state index in [0.29, 0.717) is 17.7 Å². The first-order valence-corrected chi connectivity index (χ1v) is 6.14. The van der Waals surface area contributed by atoms with Crippen LogP contribution >= 0.6 is 0 Å². The van der Waals surface area contributed by atoms with Gasteiger partial charge in [-0.15, -0.1) is 0 Å². The third-order valence-electron chi connectivity index (χ3n) is 3.47. The normalized spacial score (nSPS) is 23.6. The average Bonchev–Trinajstić information content (AvgIpc) is 2.73. The van der Waals surface area contributed by atoms with Gasteiger partial charge in [0.1, 0.15) is 6.10 Å². The first kappa shape index (κ1) is 14.1. The van der Waals surface area contributed by atoms with Crippen LogP contribution in [0.4, 0.5) is 13.2 Å². The number of hydrogen-bond acceptors (Lipinski definition) is 2. The summed E-state index contributed by atoms with van der Waals surface area (Å²) in [5, 5.41) is 0. The molecule has 19 heavy (non-hydrogen) atoms. The summed E-state index contributed by atoms with van der Waals surface area (Å²) in [6, 6.07) is 3.20. The Hall–Kier alpha value is -1.36. The summed E-state index contributed by atoms with van der Waals surface area (Å²) in [4.78, 5) is 12.2. The number of rotatable bonds is 2. The van der Waals surface area contributed by atoms with E-state index in [4.69, 9.17) is 4.74 Å². The van der Waals surface area contributed by atoms with Gasteiger partial charge in [-0.25, -0.2) is 0 Å². The van der Waals surface area contributed by atoms with E-state index in [1.165, 1.54) is 13.0 Å². The third-order valence-corrected chi connectivity index (χ3v) is 3.47. The van der Waals surface area contributed by atoms with Crippen molar-refractivity contribution in [1.29, 1.82) is 0 Å². The van der Waals surface area contributed by atoms with Gasteiger partial charge in [0.2, 0.25) is 0 Å². The number of halogens is 3. The van der Waals surface area contributed by atoms with Crippen molar-refractivity contribution in [3.8, 4) is 0 Å². The highest BCUT2D eigenvalue weighted by molar-refractivity contribution is 6.01. The largest absolute Gasteiger partial charge is 0.416 e. The van der Waals surface area contributed by atoms with Crippen molar-refractivity contribution in [2.45, 2.75) is 32.5 Å². The topological polar surface area (TPSA) is 26.3 Å². The molecule has 0 N–H and O–H groups in total. The van der Waals surface area contributed by atoms with Crippen molar-refractivity contribution in [3.63, 3.8) is 0 Å². The van der Waals surface area contributed by atoms with Crippen molar-refractivity contribution in [3.05, 3.63) is 34.9 Å². The molecular weight excluding hydrogens is 257 g/mol. The second kappa shape index (κ2) is 4.96. The molecule has 1 aliphatic rings. The maximum atomic E-state index is 12.6. The first-order valence-electron chi connectivity index (χ1n) is 6.14. The molecule has 2 rings (SSSR count). The zero-order valence-corrected chi connectivity index (χ0v) is 10.8. The molecule has 2 nitrogen and oxygen atoms in total. The van der Waals surface area contributed by atoms with Crippen molar-refractivity contribution in [1.82, 2.24) is 0 Å². The van der Waals surface area contributed by atoms with Crippen LogP contribution in [0.3, 0.4) is 0 Å². The molecule has 1 aliphatic heterocycles. The summed E-state index contributed by atoms with van der Waals surface area (Å²) >= 11 is 0. The molecule has 0 saturated carbocycles. The van der Waals surface area contributed by atoms with Gasteiger partial charge in [-0.2, -0.15) is 13.2 Å². The van der Waals surface area contributed by atoms with Crippen LogP contribution in [0.25, 0.3) is 0 Å². The van der Waals surface area contributed by atoms with E-state index in [0.717, 1.165) is 18.6 Å². The lowest BCUT2D eigenvalue weighted by Gasteiger charge is -2.16. The van der Waals surface area contributed by atoms with E-state index in [1.807, 2.05) is 6.92 Å². The van der Waals surface area contributed by atoms with Crippen LogP contribution in [0.1, 0.15) is 34.8 Å². The van der Waals surface area contributed by atoms with Gasteiger partial charge >= 0.3 is 6.18 Å². The quantitative estimate of drug-likeness (QED) is 0.769. The summed E-state index contributed by atoms with van der Waals surface area (Å²) in [6.07, 6.45) is -4.12. The molecule has 0 aromatic heterocycles. The Balaban J connectivity index is 2.29. The van der Waals surface area contributed by atoms with Crippen LogP contribution in [-0.4, -0.2) is 18.5 Å². The van der Waals surface area contributed by atoms with E-state index in [1.54, 1.807) is 0 Å². The molecule has 2 unspecified atom stereocenters. The highest BCUT2D eigenvalue weighted by atomic mass is 19.4. The van der Waals surface area contributed by atoms with Crippen molar-refractivity contribution < 1.29 is 22.7 Å². The van der Waals surface area contributed by atoms with Gasteiger partial charge in [0, 0.05) is 12.2 Å². The Labute approximate surface area is 109 Å². The Kier molecular flexibility index (Phi) is 3.67. The number of aryl methyl sites for hydroxylation is 1. The Morgan fingerprint density at radius 2 is 2.05 bits per heavy atom. The van der Waals surface area contributed by atoms with Gasteiger partial charge in [0.05, 0.1) is 5.56 Å². The predicted octanol–water partition coefficient (Wildman–Crippen LogP) is 3.62. The number of Topliss-reactive ketones (excluding diaryl/α,β-unsaturated/α-hetero) is 1. The SMILES string of the molecule is Cc1cc(C(F)(F)F)ccc1C(=O)C1OCCC1C. The highest BCUT2D eigenvalue weighted by Crippen LogP contribution is 2.31. The molecule has 0 aliphatic carbocycles. The molecule has 104 valence electrons. The standard InChI is InChI=1S/C14H15F3O2/c1-8-5-6-19-13(8)12(18)11-4-3-10(7-9(11)2)14(15,16)17/h3-4,7-8,13H,5-6H2,1-2H3. The molecule has 1 fully saturated rings. The maximum absolute atomic E-state index is 12.6. The molecule has 0 spiro atoms. The predicted molar refractivity (Wildman–Crippen MR) is 64.0 cm³/mol. The molecule has 0 bridgehead atoms. The van der Waals surface area contributed by atoms with E-state index >= 15 is 0 Å². The minimum Gasteiger partial charge on any atom is -0.370 e. The molecule has 1 aromatic carbocycles. The molecule has 1 saturated heterocycles. The fraction of sp³-hybridized carbons (Fsp3) is 0.500. The number of ketones is 1. The van der Waals surface area contributed by atoms with Crippen LogP contribution in [0, 0.1) is 12.8 Å². The van der Waals surface area contributed by atoms with Gasteiger partial charge in [-0.1, -0.05) is 13.0 Å². The van der Waals surface area contributed by atoms with Crippen molar-refractivity contribution >= 4 is 5.78 Å². The van der Waals surface area contributed by atoms with E-state index < -0.39 is 17.8 Å². The van der Waals surface area contributed by atoms with Gasteiger partial charge in [-0.3, -0.25) is 4.79 Å². The van der Waals surface area contributed by atoms with Crippen molar-refractivity contribution in [2.24, 2.45) is 5.92 Å². The van der Waals surface area contributed by atoms with Gasteiger partial charge in [-0.05, 0) is 37.0 Å². The summed E-state index contributed by atoms with van der Waals surface area (Å²) in [7, 11) is 0. The number of alkyl halides is 3. The van der Waals surface area contributed by atoms with Crippen LogP contribution in [-0.2, 0) is 10.9 Å². The van der Waals surface area contributed by atoms with Gasteiger partial charge in [0.25, 0.3) is 0 Å². The fourth-order valence-corrected chi connectivity index (χ4v) is 2.30. The van der Waals surface area contributed by atoms with E-state index in [2.05, 4.69) is 0 Å². The lowest BCUT2D eigenvalue weighted by molar-refractivity contribution is -0.137. The summed E-state index contributed by atoms with van der Waals surface area (Å²) < 4.78 is 43.0. The summed E-state index contributed by atoms with van der Waals surface area (Å²) in [6.45, 7) is 3.95. The minimum absolute atomic E-state index is 0.106. The number of carbonyl (C=O) groups excluding carboxylic acids is 1. The zero-order chi connectivity index (χ0) is 14.2. The fourth-order valence-electron chi connectivity index (χ4n) is 2.30. The summed E-state index contributed by atoms with van der Waals surface area (Å²) in [5.41, 5.74) is -0.0868. The van der Waals surface area contributed by atoms with Crippen LogP contribution in [0.5, 0.6) is 0 Å². The molecular formula is C14H15F3O2. The molecule has 2 atom stereocenters. The van der Waals surface area contributed by atoms with E-state index in [9.17, 15) is 18.0 Å². The molecule has 0 radical (unpaired) electrons. The van der Waals surface area contributed by atoms with E-state index in [-0.39, 0.29) is 11.7 Å². The lowest BCUT2D eigenvalue weighted by Crippen LogP contribution is -2.26.